The van der Waals surface area contributed by atoms with Crippen molar-refractivity contribution in [1.29, 1.82) is 0 Å². The minimum absolute atomic E-state index is 0.0634. The van der Waals surface area contributed by atoms with Gasteiger partial charge in [-0.05, 0) is 44.4 Å². The van der Waals surface area contributed by atoms with Crippen molar-refractivity contribution in [3.05, 3.63) is 65.7 Å². The third-order valence-corrected chi connectivity index (χ3v) is 4.97. The van der Waals surface area contributed by atoms with Crippen LogP contribution in [-0.2, 0) is 16.1 Å². The molecule has 0 aliphatic rings. The summed E-state index contributed by atoms with van der Waals surface area (Å²) in [6.45, 7) is 8.19. The second-order valence-corrected chi connectivity index (χ2v) is 7.35. The van der Waals surface area contributed by atoms with E-state index in [-0.39, 0.29) is 24.5 Å². The molecule has 156 valence electrons. The van der Waals surface area contributed by atoms with Crippen LogP contribution in [0, 0.1) is 6.92 Å². The molecule has 2 rings (SSSR count). The maximum atomic E-state index is 13.1. The second kappa shape index (κ2) is 11.2. The van der Waals surface area contributed by atoms with Crippen molar-refractivity contribution in [3.8, 4) is 5.75 Å². The zero-order valence-electron chi connectivity index (χ0n) is 17.9. The van der Waals surface area contributed by atoms with Crippen molar-refractivity contribution in [2.24, 2.45) is 0 Å². The van der Waals surface area contributed by atoms with Crippen molar-refractivity contribution >= 4 is 11.8 Å². The van der Waals surface area contributed by atoms with Gasteiger partial charge in [-0.1, -0.05) is 61.9 Å². The van der Waals surface area contributed by atoms with Crippen LogP contribution in [0.25, 0.3) is 0 Å². The van der Waals surface area contributed by atoms with Crippen LogP contribution in [0.2, 0.25) is 0 Å². The Hall–Kier alpha value is -2.82. The van der Waals surface area contributed by atoms with E-state index in [1.165, 1.54) is 0 Å². The number of aryl methyl sites for hydroxylation is 1. The van der Waals surface area contributed by atoms with E-state index in [9.17, 15) is 9.59 Å². The number of nitrogens with one attached hydrogen (secondary N) is 1. The van der Waals surface area contributed by atoms with Gasteiger partial charge in [-0.2, -0.15) is 0 Å². The average molecular weight is 397 g/mol. The molecule has 0 bridgehead atoms. The summed E-state index contributed by atoms with van der Waals surface area (Å²) in [5.74, 6) is 0.302. The van der Waals surface area contributed by atoms with E-state index in [1.54, 1.807) is 4.90 Å². The summed E-state index contributed by atoms with van der Waals surface area (Å²) in [4.78, 5) is 27.6. The van der Waals surface area contributed by atoms with E-state index < -0.39 is 6.04 Å². The first-order valence-electron chi connectivity index (χ1n) is 10.3. The van der Waals surface area contributed by atoms with E-state index in [2.05, 4.69) is 5.32 Å². The predicted octanol–water partition coefficient (Wildman–Crippen LogP) is 4.10. The maximum absolute atomic E-state index is 13.1. The van der Waals surface area contributed by atoms with E-state index >= 15 is 0 Å². The number of nitrogens with zero attached hydrogens (tertiary/aromatic N) is 1. The molecule has 0 unspecified atom stereocenters. The van der Waals surface area contributed by atoms with Gasteiger partial charge >= 0.3 is 0 Å². The van der Waals surface area contributed by atoms with Gasteiger partial charge in [-0.25, -0.2) is 0 Å². The number of benzene rings is 2. The summed E-state index contributed by atoms with van der Waals surface area (Å²) in [6.07, 6.45) is 1.37. The highest BCUT2D eigenvalue weighted by molar-refractivity contribution is 5.88. The van der Waals surface area contributed by atoms with E-state index in [1.807, 2.05) is 82.3 Å². The van der Waals surface area contributed by atoms with Gasteiger partial charge in [0.15, 0.2) is 6.61 Å². The van der Waals surface area contributed by atoms with Gasteiger partial charge in [0.25, 0.3) is 5.91 Å². The Labute approximate surface area is 174 Å². The summed E-state index contributed by atoms with van der Waals surface area (Å²) in [7, 11) is 0. The van der Waals surface area contributed by atoms with Gasteiger partial charge in [-0.3, -0.25) is 9.59 Å². The van der Waals surface area contributed by atoms with E-state index in [0.29, 0.717) is 18.7 Å². The SMILES string of the molecule is CC[C@H](C)NC(=O)[C@H](CC)N(Cc1ccc(C)cc1)C(=O)COc1ccccc1. The zero-order valence-corrected chi connectivity index (χ0v) is 17.9. The van der Waals surface area contributed by atoms with Crippen molar-refractivity contribution in [2.75, 3.05) is 6.61 Å². The van der Waals surface area contributed by atoms with Crippen LogP contribution in [0.4, 0.5) is 0 Å². The van der Waals surface area contributed by atoms with Crippen LogP contribution in [0.1, 0.15) is 44.7 Å². The quantitative estimate of drug-likeness (QED) is 0.658. The molecule has 29 heavy (non-hydrogen) atoms. The van der Waals surface area contributed by atoms with E-state index in [4.69, 9.17) is 4.74 Å². The molecule has 2 aromatic carbocycles. The predicted molar refractivity (Wildman–Crippen MR) is 116 cm³/mol. The van der Waals surface area contributed by atoms with Gasteiger partial charge in [-0.15, -0.1) is 0 Å². The fourth-order valence-corrected chi connectivity index (χ4v) is 3.00. The van der Waals surface area contributed by atoms with Crippen molar-refractivity contribution < 1.29 is 14.3 Å². The molecule has 0 radical (unpaired) electrons. The molecule has 0 aromatic heterocycles. The number of amides is 2. The molecule has 0 spiro atoms. The Morgan fingerprint density at radius 2 is 1.66 bits per heavy atom. The number of carbonyl (C=O) groups is 2. The van der Waals surface area contributed by atoms with E-state index in [0.717, 1.165) is 17.5 Å². The minimum atomic E-state index is -0.544. The molecule has 2 amide bonds. The highest BCUT2D eigenvalue weighted by atomic mass is 16.5. The Morgan fingerprint density at radius 3 is 2.24 bits per heavy atom. The minimum Gasteiger partial charge on any atom is -0.484 e. The summed E-state index contributed by atoms with van der Waals surface area (Å²) >= 11 is 0. The number of hydrogen-bond acceptors (Lipinski definition) is 3. The second-order valence-electron chi connectivity index (χ2n) is 7.35. The molecular weight excluding hydrogens is 364 g/mol. The fourth-order valence-electron chi connectivity index (χ4n) is 3.00. The lowest BCUT2D eigenvalue weighted by atomic mass is 10.1. The molecule has 2 aromatic rings. The van der Waals surface area contributed by atoms with Gasteiger partial charge in [0.1, 0.15) is 11.8 Å². The van der Waals surface area contributed by atoms with Gasteiger partial charge < -0.3 is 15.0 Å². The van der Waals surface area contributed by atoms with Crippen molar-refractivity contribution in [3.63, 3.8) is 0 Å². The number of ether oxygens (including phenoxy) is 1. The van der Waals surface area contributed by atoms with Crippen LogP contribution in [0.5, 0.6) is 5.75 Å². The smallest absolute Gasteiger partial charge is 0.261 e. The number of carbonyl (C=O) groups excluding carboxylic acids is 2. The lowest BCUT2D eigenvalue weighted by Gasteiger charge is -2.31. The van der Waals surface area contributed by atoms with Crippen LogP contribution >= 0.6 is 0 Å². The first-order chi connectivity index (χ1) is 13.9. The molecule has 0 aliphatic carbocycles. The molecular formula is C24H32N2O3. The lowest BCUT2D eigenvalue weighted by molar-refractivity contribution is -0.143. The third kappa shape index (κ3) is 6.93. The summed E-state index contributed by atoms with van der Waals surface area (Å²) in [5.41, 5.74) is 2.14. The van der Waals surface area contributed by atoms with Crippen LogP contribution in [0.3, 0.4) is 0 Å². The summed E-state index contributed by atoms with van der Waals surface area (Å²) < 4.78 is 5.66. The number of rotatable bonds is 10. The van der Waals surface area contributed by atoms with Gasteiger partial charge in [0.05, 0.1) is 0 Å². The number of para-hydroxylation sites is 1. The molecule has 0 saturated heterocycles. The normalized spacial score (nSPS) is 12.7. The molecule has 0 saturated carbocycles. The van der Waals surface area contributed by atoms with Crippen molar-refractivity contribution in [2.45, 2.75) is 59.2 Å². The first kappa shape index (κ1) is 22.5. The number of hydrogen-bond donors (Lipinski definition) is 1. The molecule has 2 atom stereocenters. The molecule has 1 N–H and O–H groups in total. The highest BCUT2D eigenvalue weighted by Gasteiger charge is 2.29. The topological polar surface area (TPSA) is 58.6 Å². The third-order valence-electron chi connectivity index (χ3n) is 4.97. The van der Waals surface area contributed by atoms with Gasteiger partial charge in [0.2, 0.25) is 5.91 Å². The Kier molecular flexibility index (Phi) is 8.71. The largest absolute Gasteiger partial charge is 0.484 e. The van der Waals surface area contributed by atoms with Crippen LogP contribution in [-0.4, -0.2) is 35.4 Å². The Balaban J connectivity index is 2.19. The molecule has 0 aliphatic heterocycles. The van der Waals surface area contributed by atoms with Crippen molar-refractivity contribution in [1.82, 2.24) is 10.2 Å². The zero-order chi connectivity index (χ0) is 21.2. The fraction of sp³-hybridized carbons (Fsp3) is 0.417. The lowest BCUT2D eigenvalue weighted by Crippen LogP contribution is -2.51. The monoisotopic (exact) mass is 396 g/mol. The summed E-state index contributed by atoms with van der Waals surface area (Å²) in [6, 6.07) is 16.8. The Bertz CT molecular complexity index is 774. The average Bonchev–Trinajstić information content (AvgIpc) is 2.73. The van der Waals surface area contributed by atoms with Crippen LogP contribution in [0.15, 0.2) is 54.6 Å². The van der Waals surface area contributed by atoms with Crippen LogP contribution < -0.4 is 10.1 Å². The molecule has 0 heterocycles. The molecule has 5 nitrogen and oxygen atoms in total. The summed E-state index contributed by atoms with van der Waals surface area (Å²) in [5, 5.41) is 3.01. The molecule has 5 heteroatoms. The highest BCUT2D eigenvalue weighted by Crippen LogP contribution is 2.15. The Morgan fingerprint density at radius 1 is 1.00 bits per heavy atom. The first-order valence-corrected chi connectivity index (χ1v) is 10.3. The molecule has 0 fully saturated rings. The standard InChI is InChI=1S/C24H32N2O3/c1-5-19(4)25-24(28)22(6-2)26(16-20-14-12-18(3)13-15-20)23(27)17-29-21-10-8-7-9-11-21/h7-15,19,22H,5-6,16-17H2,1-4H3,(H,25,28)/t19-,22-/m0/s1. The maximum Gasteiger partial charge on any atom is 0.261 e. The van der Waals surface area contributed by atoms with Gasteiger partial charge in [0, 0.05) is 12.6 Å².